The van der Waals surface area contributed by atoms with Crippen molar-refractivity contribution in [2.75, 3.05) is 4.31 Å². The van der Waals surface area contributed by atoms with Crippen molar-refractivity contribution in [2.24, 2.45) is 0 Å². The molecule has 0 unspecified atom stereocenters. The van der Waals surface area contributed by atoms with Crippen LogP contribution in [0.2, 0.25) is 0 Å². The van der Waals surface area contributed by atoms with Crippen LogP contribution >= 0.6 is 22.6 Å². The predicted octanol–water partition coefficient (Wildman–Crippen LogP) is 3.03. The number of sulfonamides is 1. The van der Waals surface area contributed by atoms with Crippen molar-refractivity contribution in [2.45, 2.75) is 11.8 Å². The predicted molar refractivity (Wildman–Crippen MR) is 85.9 cm³/mol. The first kappa shape index (κ1) is 15.0. The van der Waals surface area contributed by atoms with Crippen LogP contribution in [-0.2, 0) is 14.8 Å². The van der Waals surface area contributed by atoms with E-state index >= 15 is 0 Å². The molecule has 1 amide bonds. The van der Waals surface area contributed by atoms with E-state index in [0.29, 0.717) is 9.26 Å². The van der Waals surface area contributed by atoms with E-state index < -0.39 is 15.9 Å². The lowest BCUT2D eigenvalue weighted by molar-refractivity contribution is -0.115. The van der Waals surface area contributed by atoms with Gasteiger partial charge in [-0.15, -0.1) is 0 Å². The molecule has 0 aromatic heterocycles. The third kappa shape index (κ3) is 2.85. The lowest BCUT2D eigenvalue weighted by Crippen LogP contribution is -2.35. The van der Waals surface area contributed by atoms with Crippen LogP contribution in [0, 0.1) is 3.57 Å². The van der Waals surface area contributed by atoms with Crippen LogP contribution in [0.1, 0.15) is 6.92 Å². The topological polar surface area (TPSA) is 54.5 Å². The Balaban J connectivity index is 2.62. The first-order chi connectivity index (χ1) is 9.44. The van der Waals surface area contributed by atoms with Crippen LogP contribution in [0.15, 0.2) is 59.5 Å². The largest absolute Gasteiger partial charge is 0.274 e. The molecule has 0 aliphatic carbocycles. The van der Waals surface area contributed by atoms with Gasteiger partial charge in [-0.2, -0.15) is 0 Å². The molecule has 4 nitrogen and oxygen atoms in total. The van der Waals surface area contributed by atoms with E-state index in [9.17, 15) is 13.2 Å². The number of rotatable bonds is 3. The summed E-state index contributed by atoms with van der Waals surface area (Å²) in [5, 5.41) is 0. The zero-order valence-electron chi connectivity index (χ0n) is 10.7. The van der Waals surface area contributed by atoms with Gasteiger partial charge in [0.05, 0.1) is 10.6 Å². The molecule has 0 aliphatic heterocycles. The SMILES string of the molecule is CC(=O)N(c1ccccc1I)S(=O)(=O)c1ccccc1. The Hall–Kier alpha value is -1.41. The molecule has 0 aliphatic rings. The average molecular weight is 401 g/mol. The average Bonchev–Trinajstić information content (AvgIpc) is 2.42. The number of benzene rings is 2. The zero-order chi connectivity index (χ0) is 14.8. The van der Waals surface area contributed by atoms with Gasteiger partial charge in [-0.05, 0) is 46.9 Å². The van der Waals surface area contributed by atoms with Crippen molar-refractivity contribution >= 4 is 44.2 Å². The highest BCUT2D eigenvalue weighted by atomic mass is 127. The summed E-state index contributed by atoms with van der Waals surface area (Å²) in [6, 6.07) is 14.8. The molecule has 0 N–H and O–H groups in total. The van der Waals surface area contributed by atoms with Gasteiger partial charge < -0.3 is 0 Å². The van der Waals surface area contributed by atoms with Crippen molar-refractivity contribution in [3.05, 3.63) is 58.2 Å². The molecule has 2 aromatic carbocycles. The van der Waals surface area contributed by atoms with E-state index in [1.807, 2.05) is 22.6 Å². The quantitative estimate of drug-likeness (QED) is 0.744. The number of carbonyl (C=O) groups is 1. The van der Waals surface area contributed by atoms with E-state index in [1.54, 1.807) is 42.5 Å². The number of nitrogens with zero attached hydrogens (tertiary/aromatic N) is 1. The van der Waals surface area contributed by atoms with Gasteiger partial charge in [-0.3, -0.25) is 4.79 Å². The van der Waals surface area contributed by atoms with Gasteiger partial charge in [0.1, 0.15) is 0 Å². The Morgan fingerprint density at radius 2 is 1.55 bits per heavy atom. The molecular weight excluding hydrogens is 389 g/mol. The molecule has 104 valence electrons. The fourth-order valence-corrected chi connectivity index (χ4v) is 4.04. The highest BCUT2D eigenvalue weighted by Gasteiger charge is 2.29. The molecule has 0 spiro atoms. The van der Waals surface area contributed by atoms with E-state index in [1.165, 1.54) is 19.1 Å². The van der Waals surface area contributed by atoms with E-state index in [0.717, 1.165) is 4.31 Å². The summed E-state index contributed by atoms with van der Waals surface area (Å²) in [6.07, 6.45) is 0. The van der Waals surface area contributed by atoms with Crippen molar-refractivity contribution in [3.63, 3.8) is 0 Å². The van der Waals surface area contributed by atoms with Crippen LogP contribution in [0.4, 0.5) is 5.69 Å². The molecule has 20 heavy (non-hydrogen) atoms. The molecule has 0 saturated heterocycles. The number of carbonyl (C=O) groups excluding carboxylic acids is 1. The number of anilines is 1. The molecule has 0 saturated carbocycles. The van der Waals surface area contributed by atoms with Gasteiger partial charge in [0, 0.05) is 10.5 Å². The van der Waals surface area contributed by atoms with Crippen LogP contribution in [0.25, 0.3) is 0 Å². The first-order valence-electron chi connectivity index (χ1n) is 5.80. The van der Waals surface area contributed by atoms with Crippen LogP contribution in [0.5, 0.6) is 0 Å². The number of halogens is 1. The van der Waals surface area contributed by atoms with Gasteiger partial charge >= 0.3 is 0 Å². The maximum absolute atomic E-state index is 12.6. The molecule has 0 heterocycles. The Morgan fingerprint density at radius 1 is 1.00 bits per heavy atom. The molecule has 6 heteroatoms. The summed E-state index contributed by atoms with van der Waals surface area (Å²) < 4.78 is 26.8. The number of hydrogen-bond donors (Lipinski definition) is 0. The lowest BCUT2D eigenvalue weighted by atomic mass is 10.3. The summed E-state index contributed by atoms with van der Waals surface area (Å²) in [4.78, 5) is 12.0. The first-order valence-corrected chi connectivity index (χ1v) is 8.32. The van der Waals surface area contributed by atoms with E-state index in [-0.39, 0.29) is 4.90 Å². The maximum Gasteiger partial charge on any atom is 0.270 e. The summed E-state index contributed by atoms with van der Waals surface area (Å²) >= 11 is 2.01. The van der Waals surface area contributed by atoms with Crippen molar-refractivity contribution in [1.82, 2.24) is 0 Å². The van der Waals surface area contributed by atoms with Gasteiger partial charge in [-0.1, -0.05) is 30.3 Å². The smallest absolute Gasteiger partial charge is 0.270 e. The summed E-state index contributed by atoms with van der Waals surface area (Å²) in [7, 11) is -3.90. The van der Waals surface area contributed by atoms with Crippen molar-refractivity contribution in [1.29, 1.82) is 0 Å². The lowest BCUT2D eigenvalue weighted by Gasteiger charge is -2.22. The molecule has 2 rings (SSSR count). The van der Waals surface area contributed by atoms with E-state index in [4.69, 9.17) is 0 Å². The van der Waals surface area contributed by atoms with E-state index in [2.05, 4.69) is 0 Å². The molecule has 2 aromatic rings. The third-order valence-corrected chi connectivity index (χ3v) is 5.35. The molecule has 0 radical (unpaired) electrons. The van der Waals surface area contributed by atoms with Crippen LogP contribution < -0.4 is 4.31 Å². The minimum atomic E-state index is -3.90. The summed E-state index contributed by atoms with van der Waals surface area (Å²) in [6.45, 7) is 1.24. The van der Waals surface area contributed by atoms with Gasteiger partial charge in [-0.25, -0.2) is 12.7 Å². The van der Waals surface area contributed by atoms with Crippen molar-refractivity contribution < 1.29 is 13.2 Å². The summed E-state index contributed by atoms with van der Waals surface area (Å²) in [5.74, 6) is -0.544. The Kier molecular flexibility index (Phi) is 4.44. The Labute approximate surface area is 131 Å². The highest BCUT2D eigenvalue weighted by molar-refractivity contribution is 14.1. The molecular formula is C14H12INO3S. The minimum absolute atomic E-state index is 0.0925. The molecule has 0 atom stereocenters. The van der Waals surface area contributed by atoms with Crippen LogP contribution in [0.3, 0.4) is 0 Å². The fourth-order valence-electron chi connectivity index (χ4n) is 1.78. The fraction of sp³-hybridized carbons (Fsp3) is 0.0714. The summed E-state index contributed by atoms with van der Waals surface area (Å²) in [5.41, 5.74) is 0.365. The van der Waals surface area contributed by atoms with Gasteiger partial charge in [0.2, 0.25) is 5.91 Å². The highest BCUT2D eigenvalue weighted by Crippen LogP contribution is 2.28. The second-order valence-corrected chi connectivity index (χ2v) is 7.00. The standard InChI is InChI=1S/C14H12INO3S/c1-11(17)16(14-10-6-5-9-13(14)15)20(18,19)12-7-3-2-4-8-12/h2-10H,1H3. The number of para-hydroxylation sites is 1. The molecule has 0 fully saturated rings. The van der Waals surface area contributed by atoms with Gasteiger partial charge in [0.25, 0.3) is 10.0 Å². The maximum atomic E-state index is 12.6. The third-order valence-electron chi connectivity index (χ3n) is 2.64. The second-order valence-electron chi connectivity index (χ2n) is 4.05. The zero-order valence-corrected chi connectivity index (χ0v) is 13.6. The van der Waals surface area contributed by atoms with Crippen molar-refractivity contribution in [3.8, 4) is 0 Å². The Bertz CT molecular complexity index is 729. The monoisotopic (exact) mass is 401 g/mol. The Morgan fingerprint density at radius 3 is 2.10 bits per heavy atom. The number of amides is 1. The number of hydrogen-bond acceptors (Lipinski definition) is 3. The normalized spacial score (nSPS) is 11.1. The van der Waals surface area contributed by atoms with Gasteiger partial charge in [0.15, 0.2) is 0 Å². The molecule has 0 bridgehead atoms. The van der Waals surface area contributed by atoms with Crippen LogP contribution in [-0.4, -0.2) is 14.3 Å². The minimum Gasteiger partial charge on any atom is -0.274 e. The second kappa shape index (κ2) is 5.92.